The van der Waals surface area contributed by atoms with E-state index in [9.17, 15) is 14.4 Å². The van der Waals surface area contributed by atoms with Crippen molar-refractivity contribution in [3.8, 4) is 0 Å². The van der Waals surface area contributed by atoms with E-state index in [0.717, 1.165) is 4.57 Å². The lowest BCUT2D eigenvalue weighted by Gasteiger charge is -2.09. The van der Waals surface area contributed by atoms with Crippen LogP contribution in [0.4, 0.5) is 0 Å². The number of pyridine rings is 1. The van der Waals surface area contributed by atoms with Gasteiger partial charge in [-0.05, 0) is 13.0 Å². The minimum Gasteiger partial charge on any atom is -0.465 e. The number of esters is 1. The lowest BCUT2D eigenvalue weighted by Crippen LogP contribution is -2.37. The van der Waals surface area contributed by atoms with Crippen molar-refractivity contribution in [2.24, 2.45) is 14.1 Å². The number of hydrogen-bond acceptors (Lipinski definition) is 6. The molecule has 112 valence electrons. The second-order valence-corrected chi connectivity index (χ2v) is 5.32. The first-order valence-corrected chi connectivity index (χ1v) is 7.29. The molecule has 21 heavy (non-hydrogen) atoms. The summed E-state index contributed by atoms with van der Waals surface area (Å²) in [5, 5.41) is 0.330. The minimum atomic E-state index is -0.437. The highest BCUT2D eigenvalue weighted by Crippen LogP contribution is 2.23. The SMILES string of the molecule is CCOC(=O)CSc1ccnc2c1c(=O)n(C)c(=O)n2C. The van der Waals surface area contributed by atoms with Crippen LogP contribution in [0.3, 0.4) is 0 Å². The molecule has 0 saturated heterocycles. The molecule has 0 unspecified atom stereocenters. The zero-order chi connectivity index (χ0) is 15.6. The summed E-state index contributed by atoms with van der Waals surface area (Å²) in [5.41, 5.74) is -0.558. The van der Waals surface area contributed by atoms with Crippen LogP contribution in [0, 0.1) is 0 Å². The standard InChI is InChI=1S/C13H15N3O4S/c1-4-20-9(17)7-21-8-5-6-14-11-10(8)12(18)16(3)13(19)15(11)2/h5-6H,4,7H2,1-3H3. The number of aromatic nitrogens is 3. The van der Waals surface area contributed by atoms with Gasteiger partial charge in [-0.3, -0.25) is 18.7 Å². The van der Waals surface area contributed by atoms with Crippen LogP contribution in [0.1, 0.15) is 6.92 Å². The number of nitrogens with zero attached hydrogens (tertiary/aromatic N) is 3. The van der Waals surface area contributed by atoms with E-state index in [-0.39, 0.29) is 11.7 Å². The molecule has 2 heterocycles. The van der Waals surface area contributed by atoms with Crippen LogP contribution >= 0.6 is 11.8 Å². The summed E-state index contributed by atoms with van der Waals surface area (Å²) >= 11 is 1.19. The van der Waals surface area contributed by atoms with Crippen molar-refractivity contribution in [1.29, 1.82) is 0 Å². The van der Waals surface area contributed by atoms with E-state index >= 15 is 0 Å². The van der Waals surface area contributed by atoms with Crippen LogP contribution in [-0.2, 0) is 23.6 Å². The molecular formula is C13H15N3O4S. The molecule has 0 spiro atoms. The molecule has 7 nitrogen and oxygen atoms in total. The van der Waals surface area contributed by atoms with E-state index < -0.39 is 11.2 Å². The summed E-state index contributed by atoms with van der Waals surface area (Å²) < 4.78 is 7.20. The van der Waals surface area contributed by atoms with Gasteiger partial charge in [0.25, 0.3) is 5.56 Å². The molecule has 2 aromatic rings. The van der Waals surface area contributed by atoms with Gasteiger partial charge in [-0.15, -0.1) is 11.8 Å². The molecular weight excluding hydrogens is 294 g/mol. The number of carbonyl (C=O) groups is 1. The highest BCUT2D eigenvalue weighted by atomic mass is 32.2. The van der Waals surface area contributed by atoms with E-state index in [1.165, 1.54) is 29.6 Å². The topological polar surface area (TPSA) is 83.2 Å². The van der Waals surface area contributed by atoms with Gasteiger partial charge in [0, 0.05) is 25.2 Å². The second-order valence-electron chi connectivity index (χ2n) is 4.31. The minimum absolute atomic E-state index is 0.0962. The monoisotopic (exact) mass is 309 g/mol. The van der Waals surface area contributed by atoms with E-state index in [0.29, 0.717) is 22.5 Å². The number of ether oxygens (including phenoxy) is 1. The Labute approximate surface area is 124 Å². The first kappa shape index (κ1) is 15.3. The number of fused-ring (bicyclic) bond motifs is 1. The molecule has 0 aliphatic heterocycles. The summed E-state index contributed by atoms with van der Waals surface area (Å²) in [6.45, 7) is 2.04. The summed E-state index contributed by atoms with van der Waals surface area (Å²) in [6.07, 6.45) is 1.51. The molecule has 0 radical (unpaired) electrons. The molecule has 8 heteroatoms. The maximum absolute atomic E-state index is 12.3. The average Bonchev–Trinajstić information content (AvgIpc) is 2.48. The van der Waals surface area contributed by atoms with Gasteiger partial charge in [-0.2, -0.15) is 0 Å². The molecule has 0 aliphatic carbocycles. The number of carbonyl (C=O) groups excluding carboxylic acids is 1. The predicted molar refractivity (Wildman–Crippen MR) is 79.6 cm³/mol. The van der Waals surface area contributed by atoms with Crippen LogP contribution in [0.2, 0.25) is 0 Å². The Balaban J connectivity index is 2.54. The van der Waals surface area contributed by atoms with Crippen molar-refractivity contribution in [1.82, 2.24) is 14.1 Å². The van der Waals surface area contributed by atoms with Gasteiger partial charge in [0.2, 0.25) is 0 Å². The third kappa shape index (κ3) is 2.85. The molecule has 0 atom stereocenters. The maximum Gasteiger partial charge on any atom is 0.332 e. The molecule has 2 aromatic heterocycles. The van der Waals surface area contributed by atoms with Gasteiger partial charge in [0.05, 0.1) is 17.7 Å². The summed E-state index contributed by atoms with van der Waals surface area (Å²) in [4.78, 5) is 40.3. The summed E-state index contributed by atoms with van der Waals surface area (Å²) in [6, 6.07) is 1.65. The molecule has 0 fully saturated rings. The zero-order valence-electron chi connectivity index (χ0n) is 12.0. The third-order valence-corrected chi connectivity index (χ3v) is 3.98. The quantitative estimate of drug-likeness (QED) is 0.596. The van der Waals surface area contributed by atoms with E-state index in [4.69, 9.17) is 4.74 Å². The van der Waals surface area contributed by atoms with E-state index in [1.54, 1.807) is 20.0 Å². The number of hydrogen-bond donors (Lipinski definition) is 0. The van der Waals surface area contributed by atoms with Gasteiger partial charge in [0.1, 0.15) is 5.65 Å². The van der Waals surface area contributed by atoms with Crippen molar-refractivity contribution in [2.75, 3.05) is 12.4 Å². The van der Waals surface area contributed by atoms with Gasteiger partial charge in [0.15, 0.2) is 0 Å². The average molecular weight is 309 g/mol. The molecule has 0 aliphatic rings. The van der Waals surface area contributed by atoms with Crippen molar-refractivity contribution >= 4 is 28.8 Å². The second kappa shape index (κ2) is 6.13. The lowest BCUT2D eigenvalue weighted by atomic mass is 10.3. The number of aryl methyl sites for hydroxylation is 1. The van der Waals surface area contributed by atoms with Crippen molar-refractivity contribution in [3.05, 3.63) is 33.1 Å². The Morgan fingerprint density at radius 1 is 1.33 bits per heavy atom. The van der Waals surface area contributed by atoms with E-state index in [2.05, 4.69) is 4.98 Å². The van der Waals surface area contributed by atoms with Crippen LogP contribution in [0.5, 0.6) is 0 Å². The molecule has 0 amide bonds. The fourth-order valence-electron chi connectivity index (χ4n) is 1.92. The third-order valence-electron chi connectivity index (χ3n) is 2.95. The van der Waals surface area contributed by atoms with Gasteiger partial charge >= 0.3 is 11.7 Å². The predicted octanol–water partition coefficient (Wildman–Crippen LogP) is 0.287. The van der Waals surface area contributed by atoms with Crippen molar-refractivity contribution in [2.45, 2.75) is 11.8 Å². The molecule has 0 saturated carbocycles. The van der Waals surface area contributed by atoms with Gasteiger partial charge < -0.3 is 4.74 Å². The largest absolute Gasteiger partial charge is 0.465 e. The molecule has 0 N–H and O–H groups in total. The van der Waals surface area contributed by atoms with Crippen LogP contribution in [0.15, 0.2) is 26.7 Å². The van der Waals surface area contributed by atoms with Crippen molar-refractivity contribution < 1.29 is 9.53 Å². The van der Waals surface area contributed by atoms with E-state index in [1.807, 2.05) is 0 Å². The Morgan fingerprint density at radius 3 is 2.71 bits per heavy atom. The molecule has 0 bridgehead atoms. The summed E-state index contributed by atoms with van der Waals surface area (Å²) in [7, 11) is 2.97. The Kier molecular flexibility index (Phi) is 4.46. The fraction of sp³-hybridized carbons (Fsp3) is 0.385. The Hall–Kier alpha value is -2.09. The highest BCUT2D eigenvalue weighted by Gasteiger charge is 2.14. The first-order valence-electron chi connectivity index (χ1n) is 6.30. The van der Waals surface area contributed by atoms with Crippen LogP contribution < -0.4 is 11.2 Å². The van der Waals surface area contributed by atoms with Crippen molar-refractivity contribution in [3.63, 3.8) is 0 Å². The smallest absolute Gasteiger partial charge is 0.332 e. The number of rotatable bonds is 4. The Morgan fingerprint density at radius 2 is 2.05 bits per heavy atom. The fourth-order valence-corrected chi connectivity index (χ4v) is 2.76. The van der Waals surface area contributed by atoms with Gasteiger partial charge in [-0.1, -0.05) is 0 Å². The van der Waals surface area contributed by atoms with Gasteiger partial charge in [-0.25, -0.2) is 9.78 Å². The maximum atomic E-state index is 12.3. The highest BCUT2D eigenvalue weighted by molar-refractivity contribution is 8.00. The zero-order valence-corrected chi connectivity index (χ0v) is 12.8. The lowest BCUT2D eigenvalue weighted by molar-refractivity contribution is -0.139. The van der Waals surface area contributed by atoms with Crippen LogP contribution in [-0.4, -0.2) is 32.4 Å². The molecule has 2 rings (SSSR count). The van der Waals surface area contributed by atoms with Crippen LogP contribution in [0.25, 0.3) is 11.0 Å². The number of thioether (sulfide) groups is 1. The summed E-state index contributed by atoms with van der Waals surface area (Å²) in [5.74, 6) is -0.257. The first-order chi connectivity index (χ1) is 9.97. The Bertz CT molecular complexity index is 809. The normalized spacial score (nSPS) is 10.8. The molecule has 0 aromatic carbocycles.